The monoisotopic (exact) mass is 1450 g/mol. The minimum Gasteiger partial charge on any atom is -0.747 e. The molecule has 0 saturated heterocycles. The second kappa shape index (κ2) is 33.0. The van der Waals surface area contributed by atoms with Crippen LogP contribution in [0.3, 0.4) is 0 Å². The summed E-state index contributed by atoms with van der Waals surface area (Å²) in [4.78, 5) is 0. The molecule has 12 nitrogen and oxygen atoms in total. The van der Waals surface area contributed by atoms with E-state index in [1.807, 2.05) is 133 Å². The molecule has 4 aliphatic rings. The summed E-state index contributed by atoms with van der Waals surface area (Å²) in [5.41, 5.74) is 23.9. The molecule has 0 amide bonds. The Labute approximate surface area is 580 Å². The van der Waals surface area contributed by atoms with Crippen LogP contribution in [0.15, 0.2) is 170 Å². The molecule has 0 radical (unpaired) electrons. The van der Waals surface area contributed by atoms with Crippen LogP contribution >= 0.6 is 15.8 Å². The van der Waals surface area contributed by atoms with E-state index in [1.54, 1.807) is 52.7 Å². The minimum atomic E-state index is -4.91. The van der Waals surface area contributed by atoms with Gasteiger partial charge in [0.25, 0.3) is 0 Å². The maximum absolute atomic E-state index is 13.8. The number of methoxy groups -OCH3 is 4. The molecule has 504 valence electrons. The third kappa shape index (κ3) is 15.9. The summed E-state index contributed by atoms with van der Waals surface area (Å²) in [6, 6.07) is 52.8. The summed E-state index contributed by atoms with van der Waals surface area (Å²) in [6.07, 6.45) is 23.2. The standard InChI is InChI=1S/2C39H46NO5PS.Pd/c2*1-44-35-25-14-26-36(45-2)37(35)32-22-13-23-33(38(32)46(27-15-5-3-6-16-27)28-17-7-4-8-18-28)39(47(41,42)43)31-21-10-9-19-29(31)30-20-11-12-24-34(30)40;/h2*9-14,19-28,39H,3-8,15-18,40H2,1-2H3,(H,41,42,43);/q;;+2/p-2. The van der Waals surface area contributed by atoms with Crippen LogP contribution in [0.2, 0.25) is 0 Å². The zero-order chi connectivity index (χ0) is 65.9. The molecule has 2 atom stereocenters. The van der Waals surface area contributed by atoms with Gasteiger partial charge in [-0.2, -0.15) is 0 Å². The van der Waals surface area contributed by atoms with E-state index in [-0.39, 0.29) is 20.4 Å². The van der Waals surface area contributed by atoms with E-state index in [4.69, 9.17) is 30.4 Å². The third-order valence-corrected chi connectivity index (χ3v) is 29.5. The molecular weight excluding hydrogens is 1360 g/mol. The fourth-order valence-electron chi connectivity index (χ4n) is 15.9. The molecule has 0 bridgehead atoms. The van der Waals surface area contributed by atoms with Crippen molar-refractivity contribution in [3.63, 3.8) is 0 Å². The number of anilines is 2. The van der Waals surface area contributed by atoms with Gasteiger partial charge in [-0.1, -0.05) is 226 Å². The SMILES string of the molecule is COc1cccc(OC)c1-c1cccc(C(c2ccccc2-c2ccccc2N)S(=O)(=O)[O-])c1P(C1CCCCC1)C1CCCCC1.COc1cccc(OC)c1-c1cccc(C(c2ccccc2-c2ccccc2N)S(=O)(=O)[O-])c1P(C1CCCCC1)C1CCCCC1.[Pd+2]. The Morgan fingerprint density at radius 1 is 0.337 bits per heavy atom. The molecule has 17 heteroatoms. The first-order valence-corrected chi connectivity index (χ1v) is 39.6. The van der Waals surface area contributed by atoms with Crippen molar-refractivity contribution >= 4 is 58.1 Å². The van der Waals surface area contributed by atoms with Gasteiger partial charge in [-0.3, -0.25) is 0 Å². The van der Waals surface area contributed by atoms with Crippen molar-refractivity contribution in [2.75, 3.05) is 39.9 Å². The molecule has 12 rings (SSSR count). The van der Waals surface area contributed by atoms with Crippen LogP contribution in [0.5, 0.6) is 23.0 Å². The number of hydrogen-bond acceptors (Lipinski definition) is 12. The zero-order valence-corrected chi connectivity index (χ0v) is 60.0. The molecule has 2 unspecified atom stereocenters. The van der Waals surface area contributed by atoms with E-state index in [9.17, 15) is 25.9 Å². The second-order valence-electron chi connectivity index (χ2n) is 25.6. The maximum atomic E-state index is 13.8. The molecule has 0 heterocycles. The van der Waals surface area contributed by atoms with Gasteiger partial charge in [-0.05, 0) is 166 Å². The van der Waals surface area contributed by atoms with Gasteiger partial charge in [-0.25, -0.2) is 16.8 Å². The van der Waals surface area contributed by atoms with Gasteiger partial charge in [0.1, 0.15) is 53.7 Å². The fourth-order valence-corrected chi connectivity index (χ4v) is 26.4. The Kier molecular flexibility index (Phi) is 24.9. The zero-order valence-electron chi connectivity index (χ0n) is 55.0. The van der Waals surface area contributed by atoms with E-state index in [1.165, 1.54) is 77.0 Å². The van der Waals surface area contributed by atoms with Gasteiger partial charge in [0, 0.05) is 22.5 Å². The van der Waals surface area contributed by atoms with Crippen molar-refractivity contribution < 1.29 is 65.3 Å². The van der Waals surface area contributed by atoms with Crippen LogP contribution in [0.25, 0.3) is 44.5 Å². The van der Waals surface area contributed by atoms with Crippen LogP contribution in [-0.4, -0.2) is 77.0 Å². The normalized spacial score (nSPS) is 16.8. The van der Waals surface area contributed by atoms with E-state index >= 15 is 0 Å². The first-order valence-electron chi connectivity index (χ1n) is 33.7. The van der Waals surface area contributed by atoms with Crippen molar-refractivity contribution in [1.29, 1.82) is 0 Å². The Morgan fingerprint density at radius 2 is 0.579 bits per heavy atom. The summed E-state index contributed by atoms with van der Waals surface area (Å²) >= 11 is 0. The Balaban J connectivity index is 0.000000205. The Morgan fingerprint density at radius 3 is 0.853 bits per heavy atom. The predicted octanol–water partition coefficient (Wildman–Crippen LogP) is 18.1. The third-order valence-electron chi connectivity index (χ3n) is 20.0. The predicted molar refractivity (Wildman–Crippen MR) is 386 cm³/mol. The van der Waals surface area contributed by atoms with Gasteiger partial charge >= 0.3 is 20.4 Å². The number of benzene rings is 8. The number of para-hydroxylation sites is 2. The Hall–Kier alpha value is -6.10. The number of ether oxygens (including phenoxy) is 4. The maximum Gasteiger partial charge on any atom is 2.00 e. The summed E-state index contributed by atoms with van der Waals surface area (Å²) in [5, 5.41) is -0.814. The average molecular weight is 1450 g/mol. The molecule has 4 saturated carbocycles. The molecular formula is C78H90N2O10P2PdS2. The van der Waals surface area contributed by atoms with Crippen molar-refractivity contribution in [3.8, 4) is 67.5 Å². The van der Waals surface area contributed by atoms with Crippen LogP contribution in [0, 0.1) is 0 Å². The van der Waals surface area contributed by atoms with Gasteiger partial charge in [-0.15, -0.1) is 0 Å². The fraction of sp³-hybridized carbons (Fsp3) is 0.385. The smallest absolute Gasteiger partial charge is 0.747 e. The van der Waals surface area contributed by atoms with Crippen LogP contribution < -0.4 is 41.0 Å². The van der Waals surface area contributed by atoms with E-state index in [0.717, 1.165) is 84.2 Å². The van der Waals surface area contributed by atoms with Gasteiger partial charge in [0.15, 0.2) is 0 Å². The summed E-state index contributed by atoms with van der Waals surface area (Å²) < 4.78 is 107. The first-order chi connectivity index (χ1) is 45.7. The topological polar surface area (TPSA) is 203 Å². The number of rotatable bonds is 20. The van der Waals surface area contributed by atoms with E-state index in [0.29, 0.717) is 102 Å². The first kappa shape index (κ1) is 71.7. The van der Waals surface area contributed by atoms with Crippen molar-refractivity contribution in [2.24, 2.45) is 0 Å². The molecule has 0 aromatic heterocycles. The van der Waals surface area contributed by atoms with Gasteiger partial charge < -0.3 is 39.5 Å². The molecule has 4 aliphatic carbocycles. The second-order valence-corrected chi connectivity index (χ2v) is 34.0. The van der Waals surface area contributed by atoms with Crippen LogP contribution in [-0.2, 0) is 40.7 Å². The minimum absolute atomic E-state index is 0. The molecule has 4 N–H and O–H groups in total. The summed E-state index contributed by atoms with van der Waals surface area (Å²) in [7, 11) is -4.95. The van der Waals surface area contributed by atoms with Gasteiger partial charge in [0.05, 0.1) is 39.6 Å². The average Bonchev–Trinajstić information content (AvgIpc) is 0.747. The number of nitrogen functional groups attached to an aromatic ring is 2. The van der Waals surface area contributed by atoms with Crippen LogP contribution in [0.4, 0.5) is 11.4 Å². The Bertz CT molecular complexity index is 3790. The number of nitrogens with two attached hydrogens (primary N) is 2. The van der Waals surface area contributed by atoms with E-state index < -0.39 is 46.6 Å². The van der Waals surface area contributed by atoms with Crippen molar-refractivity contribution in [2.45, 2.75) is 162 Å². The van der Waals surface area contributed by atoms with Crippen LogP contribution in [0.1, 0.15) is 161 Å². The summed E-state index contributed by atoms with van der Waals surface area (Å²) in [6.45, 7) is 0. The molecule has 95 heavy (non-hydrogen) atoms. The molecule has 8 aromatic rings. The number of hydrogen-bond donors (Lipinski definition) is 2. The molecule has 8 aromatic carbocycles. The molecule has 0 spiro atoms. The van der Waals surface area contributed by atoms with Crippen molar-refractivity contribution in [1.82, 2.24) is 0 Å². The van der Waals surface area contributed by atoms with Gasteiger partial charge in [0.2, 0.25) is 0 Å². The summed E-state index contributed by atoms with van der Waals surface area (Å²) in [5.74, 6) is 2.63. The largest absolute Gasteiger partial charge is 2.00 e. The quantitative estimate of drug-likeness (QED) is 0.0317. The van der Waals surface area contributed by atoms with E-state index in [2.05, 4.69) is 12.1 Å². The molecule has 0 aliphatic heterocycles. The molecule has 4 fully saturated rings. The van der Waals surface area contributed by atoms with Crippen molar-refractivity contribution in [3.05, 3.63) is 192 Å².